The van der Waals surface area contributed by atoms with Crippen molar-refractivity contribution in [3.05, 3.63) is 70.9 Å². The Bertz CT molecular complexity index is 999. The highest BCUT2D eigenvalue weighted by Crippen LogP contribution is 2.38. The summed E-state index contributed by atoms with van der Waals surface area (Å²) < 4.78 is 39.2. The van der Waals surface area contributed by atoms with Crippen molar-refractivity contribution < 1.29 is 22.8 Å². The average Bonchev–Trinajstić information content (AvgIpc) is 3.03. The Labute approximate surface area is 157 Å². The molecule has 9 heteroatoms. The Kier molecular flexibility index (Phi) is 4.02. The van der Waals surface area contributed by atoms with Crippen LogP contribution in [0.4, 0.5) is 29.3 Å². The van der Waals surface area contributed by atoms with Gasteiger partial charge in [0.15, 0.2) is 0 Å². The van der Waals surface area contributed by atoms with E-state index in [0.717, 1.165) is 17.0 Å². The molecule has 2 aromatic carbocycles. The lowest BCUT2D eigenvalue weighted by molar-refractivity contribution is -0.137. The number of carbonyl (C=O) groups excluding carboxylic acids is 2. The number of carbonyl (C=O) groups is 2. The number of hydrogen-bond acceptors (Lipinski definition) is 3. The first-order valence-electron chi connectivity index (χ1n) is 8.40. The van der Waals surface area contributed by atoms with Gasteiger partial charge in [-0.1, -0.05) is 18.2 Å². The molecule has 2 heterocycles. The van der Waals surface area contributed by atoms with Crippen LogP contribution in [0.3, 0.4) is 0 Å². The molecule has 6 nitrogen and oxygen atoms in total. The second-order valence-corrected chi connectivity index (χ2v) is 6.48. The third-order valence-electron chi connectivity index (χ3n) is 4.70. The number of hydrogen-bond donors (Lipinski definition) is 3. The van der Waals surface area contributed by atoms with Crippen LogP contribution in [-0.2, 0) is 11.0 Å². The van der Waals surface area contributed by atoms with Gasteiger partial charge in [0.05, 0.1) is 35.1 Å². The van der Waals surface area contributed by atoms with E-state index in [0.29, 0.717) is 22.5 Å². The number of nitrogen functional groups attached to an aromatic ring is 1. The zero-order valence-corrected chi connectivity index (χ0v) is 14.4. The van der Waals surface area contributed by atoms with E-state index in [4.69, 9.17) is 5.73 Å². The minimum absolute atomic E-state index is 0.0343. The fourth-order valence-electron chi connectivity index (χ4n) is 3.40. The summed E-state index contributed by atoms with van der Waals surface area (Å²) in [4.78, 5) is 26.3. The summed E-state index contributed by atoms with van der Waals surface area (Å²) in [5.74, 6) is -0.381. The maximum Gasteiger partial charge on any atom is 0.416 e. The maximum absolute atomic E-state index is 13.1. The monoisotopic (exact) mass is 388 g/mol. The van der Waals surface area contributed by atoms with Crippen molar-refractivity contribution in [3.63, 3.8) is 0 Å². The van der Waals surface area contributed by atoms with E-state index in [1.54, 1.807) is 24.3 Å². The molecule has 2 aromatic rings. The topological polar surface area (TPSA) is 87.5 Å². The quantitative estimate of drug-likeness (QED) is 0.692. The van der Waals surface area contributed by atoms with Gasteiger partial charge >= 0.3 is 12.2 Å². The molecule has 0 bridgehead atoms. The van der Waals surface area contributed by atoms with Crippen molar-refractivity contribution in [2.45, 2.75) is 12.2 Å². The molecule has 4 N–H and O–H groups in total. The van der Waals surface area contributed by atoms with Crippen LogP contribution in [0.2, 0.25) is 0 Å². The molecule has 144 valence electrons. The highest BCUT2D eigenvalue weighted by molar-refractivity contribution is 6.07. The molecule has 3 amide bonds. The molecule has 28 heavy (non-hydrogen) atoms. The summed E-state index contributed by atoms with van der Waals surface area (Å²) in [6.07, 6.45) is -4.55. The molecule has 0 radical (unpaired) electrons. The molecule has 1 atom stereocenters. The number of urea groups is 1. The second kappa shape index (κ2) is 6.29. The SMILES string of the molecule is Nc1ccc([C@H]2NC(=O)N(c3cccc(C(F)(F)F)c3)C3=C2C(=O)NC3)cc1. The van der Waals surface area contributed by atoms with Crippen LogP contribution in [0.5, 0.6) is 0 Å². The summed E-state index contributed by atoms with van der Waals surface area (Å²) >= 11 is 0. The average molecular weight is 388 g/mol. The van der Waals surface area contributed by atoms with E-state index in [1.165, 1.54) is 12.1 Å². The molecule has 0 saturated heterocycles. The van der Waals surface area contributed by atoms with Crippen molar-refractivity contribution in [1.29, 1.82) is 0 Å². The lowest BCUT2D eigenvalue weighted by Crippen LogP contribution is -2.47. The standard InChI is InChI=1S/C19H15F3N4O2/c20-19(21,22)11-2-1-3-13(8-11)26-14-9-24-17(27)15(14)16(25-18(26)28)10-4-6-12(23)7-5-10/h1-8,16H,9,23H2,(H,24,27)(H,25,28)/t16-/m1/s1. The maximum atomic E-state index is 13.1. The number of benzene rings is 2. The van der Waals surface area contributed by atoms with Crippen LogP contribution in [0.25, 0.3) is 0 Å². The van der Waals surface area contributed by atoms with Gasteiger partial charge in [0.1, 0.15) is 0 Å². The first-order valence-corrected chi connectivity index (χ1v) is 8.40. The predicted molar refractivity (Wildman–Crippen MR) is 96.1 cm³/mol. The molecule has 0 fully saturated rings. The molecular weight excluding hydrogens is 373 g/mol. The molecular formula is C19H15F3N4O2. The number of amides is 3. The number of rotatable bonds is 2. The van der Waals surface area contributed by atoms with Gasteiger partial charge in [0, 0.05) is 5.69 Å². The third kappa shape index (κ3) is 2.94. The third-order valence-corrected chi connectivity index (χ3v) is 4.70. The van der Waals surface area contributed by atoms with Crippen molar-refractivity contribution >= 4 is 23.3 Å². The lowest BCUT2D eigenvalue weighted by atomic mass is 9.95. The van der Waals surface area contributed by atoms with Crippen molar-refractivity contribution in [1.82, 2.24) is 10.6 Å². The van der Waals surface area contributed by atoms with Crippen LogP contribution >= 0.6 is 0 Å². The van der Waals surface area contributed by atoms with E-state index in [-0.39, 0.29) is 18.1 Å². The zero-order chi connectivity index (χ0) is 20.1. The fraction of sp³-hybridized carbons (Fsp3) is 0.158. The minimum atomic E-state index is -4.55. The van der Waals surface area contributed by atoms with E-state index in [9.17, 15) is 22.8 Å². The molecule has 0 unspecified atom stereocenters. The molecule has 0 spiro atoms. The van der Waals surface area contributed by atoms with E-state index >= 15 is 0 Å². The molecule has 2 aliphatic heterocycles. The number of nitrogens with two attached hydrogens (primary N) is 1. The first-order chi connectivity index (χ1) is 13.3. The Hall–Kier alpha value is -3.49. The van der Waals surface area contributed by atoms with Gasteiger partial charge in [-0.3, -0.25) is 9.69 Å². The van der Waals surface area contributed by atoms with Gasteiger partial charge in [0.2, 0.25) is 0 Å². The van der Waals surface area contributed by atoms with Crippen molar-refractivity contribution in [3.8, 4) is 0 Å². The number of alkyl halides is 3. The van der Waals surface area contributed by atoms with Gasteiger partial charge in [-0.2, -0.15) is 13.2 Å². The molecule has 0 aliphatic carbocycles. The number of nitrogens with one attached hydrogen (secondary N) is 2. The van der Waals surface area contributed by atoms with Crippen LogP contribution < -0.4 is 21.3 Å². The smallest absolute Gasteiger partial charge is 0.399 e. The van der Waals surface area contributed by atoms with Gasteiger partial charge in [-0.05, 0) is 35.9 Å². The fourth-order valence-corrected chi connectivity index (χ4v) is 3.40. The van der Waals surface area contributed by atoms with Crippen LogP contribution in [0.1, 0.15) is 17.2 Å². The van der Waals surface area contributed by atoms with Gasteiger partial charge in [-0.15, -0.1) is 0 Å². The minimum Gasteiger partial charge on any atom is -0.399 e. The largest absolute Gasteiger partial charge is 0.416 e. The highest BCUT2D eigenvalue weighted by atomic mass is 19.4. The summed E-state index contributed by atoms with van der Waals surface area (Å²) in [5, 5.41) is 5.35. The number of halogens is 3. The first kappa shape index (κ1) is 17.9. The van der Waals surface area contributed by atoms with E-state index in [1.807, 2.05) is 0 Å². The molecule has 4 rings (SSSR count). The Balaban J connectivity index is 1.81. The molecule has 0 saturated carbocycles. The Morgan fingerprint density at radius 2 is 1.79 bits per heavy atom. The Morgan fingerprint density at radius 3 is 2.46 bits per heavy atom. The van der Waals surface area contributed by atoms with Crippen LogP contribution in [0.15, 0.2) is 59.8 Å². The van der Waals surface area contributed by atoms with Gasteiger partial charge < -0.3 is 16.4 Å². The number of nitrogens with zero attached hydrogens (tertiary/aromatic N) is 1. The van der Waals surface area contributed by atoms with Gasteiger partial charge in [0.25, 0.3) is 5.91 Å². The number of anilines is 2. The normalized spacial score (nSPS) is 19.4. The van der Waals surface area contributed by atoms with E-state index < -0.39 is 23.8 Å². The Morgan fingerprint density at radius 1 is 1.07 bits per heavy atom. The molecule has 0 aromatic heterocycles. The summed E-state index contributed by atoms with van der Waals surface area (Å²) in [6.45, 7) is 0.0449. The summed E-state index contributed by atoms with van der Waals surface area (Å²) in [5.41, 5.74) is 6.64. The highest BCUT2D eigenvalue weighted by Gasteiger charge is 2.42. The molecule has 2 aliphatic rings. The second-order valence-electron chi connectivity index (χ2n) is 6.48. The van der Waals surface area contributed by atoms with Crippen molar-refractivity contribution in [2.24, 2.45) is 0 Å². The van der Waals surface area contributed by atoms with Crippen molar-refractivity contribution in [2.75, 3.05) is 17.2 Å². The summed E-state index contributed by atoms with van der Waals surface area (Å²) in [6, 6.07) is 9.78. The van der Waals surface area contributed by atoms with Crippen LogP contribution in [0, 0.1) is 0 Å². The lowest BCUT2D eigenvalue weighted by Gasteiger charge is -2.34. The predicted octanol–water partition coefficient (Wildman–Crippen LogP) is 2.94. The summed E-state index contributed by atoms with van der Waals surface area (Å²) in [7, 11) is 0. The van der Waals surface area contributed by atoms with Crippen LogP contribution in [-0.4, -0.2) is 18.5 Å². The zero-order valence-electron chi connectivity index (χ0n) is 14.4. The van der Waals surface area contributed by atoms with E-state index in [2.05, 4.69) is 10.6 Å². The van der Waals surface area contributed by atoms with Gasteiger partial charge in [-0.25, -0.2) is 4.79 Å².